The number of carbonyl (C=O) groups excluding carboxylic acids is 2. The molecular weight excluding hydrogens is 280 g/mol. The summed E-state index contributed by atoms with van der Waals surface area (Å²) in [4.78, 5) is 22.8. The normalized spacial score (nSPS) is 10.5. The molecule has 0 N–H and O–H groups in total. The summed E-state index contributed by atoms with van der Waals surface area (Å²) in [6.07, 6.45) is 7.33. The molecule has 5 nitrogen and oxygen atoms in total. The second-order valence-corrected chi connectivity index (χ2v) is 5.10. The molecule has 0 bridgehead atoms. The molecule has 0 atom stereocenters. The number of aromatic nitrogens is 2. The number of hydrogen-bond donors (Lipinski definition) is 0. The van der Waals surface area contributed by atoms with E-state index < -0.39 is 0 Å². The van der Waals surface area contributed by atoms with E-state index >= 15 is 0 Å². The predicted octanol–water partition coefficient (Wildman–Crippen LogP) is 2.25. The van der Waals surface area contributed by atoms with Crippen molar-refractivity contribution in [2.75, 3.05) is 6.61 Å². The van der Waals surface area contributed by atoms with E-state index in [0.29, 0.717) is 12.2 Å². The maximum Gasteiger partial charge on any atom is 0.338 e. The van der Waals surface area contributed by atoms with E-state index in [1.165, 1.54) is 12.5 Å². The quantitative estimate of drug-likeness (QED) is 0.607. The minimum Gasteiger partial charge on any atom is -0.462 e. The van der Waals surface area contributed by atoms with Gasteiger partial charge in [0.2, 0.25) is 0 Å². The average molecular weight is 301 g/mol. The Bertz CT molecular complexity index is 644. The molecule has 1 aromatic carbocycles. The number of nitrogens with zero attached hydrogens (tertiary/aromatic N) is 2. The van der Waals surface area contributed by atoms with E-state index in [9.17, 15) is 9.59 Å². The van der Waals surface area contributed by atoms with Crippen LogP contribution < -0.4 is 4.57 Å². The van der Waals surface area contributed by atoms with E-state index in [-0.39, 0.29) is 11.9 Å². The first-order valence-corrected chi connectivity index (χ1v) is 7.44. The monoisotopic (exact) mass is 301 g/mol. The molecule has 5 heteroatoms. The number of imidazole rings is 1. The molecule has 2 rings (SSSR count). The van der Waals surface area contributed by atoms with E-state index in [4.69, 9.17) is 4.74 Å². The van der Waals surface area contributed by atoms with Crippen LogP contribution in [0, 0.1) is 0 Å². The molecule has 0 saturated heterocycles. The van der Waals surface area contributed by atoms with E-state index in [1.54, 1.807) is 36.1 Å². The molecule has 0 spiro atoms. The van der Waals surface area contributed by atoms with Crippen LogP contribution in [0.25, 0.3) is 0 Å². The van der Waals surface area contributed by atoms with Gasteiger partial charge in [0.15, 0.2) is 0 Å². The highest BCUT2D eigenvalue weighted by Gasteiger charge is 2.08. The summed E-state index contributed by atoms with van der Waals surface area (Å²) in [5.74, 6) is -0.275. The van der Waals surface area contributed by atoms with Crippen molar-refractivity contribution in [3.05, 3.63) is 54.1 Å². The molecule has 0 aliphatic heterocycles. The van der Waals surface area contributed by atoms with Crippen molar-refractivity contribution in [3.8, 4) is 0 Å². The first kappa shape index (κ1) is 15.9. The standard InChI is InChI=1S/C17H21N2O3/c1-3-22-17(21)16-8-6-15(7-9-16)5-4-10-18-11-12-19(13-18)14(2)20/h6-9,11-13H,3-5,10H2,1-2H3/q+1. The Morgan fingerprint density at radius 3 is 2.55 bits per heavy atom. The molecule has 2 aromatic rings. The number of carbonyl (C=O) groups is 2. The zero-order chi connectivity index (χ0) is 15.9. The highest BCUT2D eigenvalue weighted by Crippen LogP contribution is 2.08. The first-order valence-electron chi connectivity index (χ1n) is 7.44. The van der Waals surface area contributed by atoms with Crippen LogP contribution in [0.4, 0.5) is 0 Å². The lowest BCUT2D eigenvalue weighted by Gasteiger charge is -2.03. The van der Waals surface area contributed by atoms with Crippen LogP contribution in [0.15, 0.2) is 43.0 Å². The first-order chi connectivity index (χ1) is 10.6. The van der Waals surface area contributed by atoms with Crippen LogP contribution in [0.5, 0.6) is 0 Å². The summed E-state index contributed by atoms with van der Waals surface area (Å²) in [5, 5.41) is 0. The van der Waals surface area contributed by atoms with Gasteiger partial charge in [-0.2, -0.15) is 4.57 Å². The summed E-state index contributed by atoms with van der Waals surface area (Å²) in [7, 11) is 0. The van der Waals surface area contributed by atoms with Gasteiger partial charge in [-0.05, 0) is 37.5 Å². The molecule has 116 valence electrons. The van der Waals surface area contributed by atoms with E-state index in [1.807, 2.05) is 22.9 Å². The zero-order valence-corrected chi connectivity index (χ0v) is 13.0. The molecule has 22 heavy (non-hydrogen) atoms. The molecular formula is C17H21N2O3+. The molecule has 0 unspecified atom stereocenters. The molecule has 0 radical (unpaired) electrons. The van der Waals surface area contributed by atoms with Crippen LogP contribution in [0.1, 0.15) is 41.0 Å². The van der Waals surface area contributed by atoms with Crippen molar-refractivity contribution in [1.29, 1.82) is 0 Å². The lowest BCUT2D eigenvalue weighted by molar-refractivity contribution is -0.696. The van der Waals surface area contributed by atoms with Crippen molar-refractivity contribution in [3.63, 3.8) is 0 Å². The summed E-state index contributed by atoms with van der Waals surface area (Å²) < 4.78 is 8.51. The molecule has 0 amide bonds. The van der Waals surface area contributed by atoms with Gasteiger partial charge in [-0.1, -0.05) is 12.1 Å². The Hall–Kier alpha value is -2.43. The Morgan fingerprint density at radius 1 is 1.23 bits per heavy atom. The number of ether oxygens (including phenoxy) is 1. The Kier molecular flexibility index (Phi) is 5.47. The van der Waals surface area contributed by atoms with Crippen molar-refractivity contribution in [1.82, 2.24) is 4.57 Å². The topological polar surface area (TPSA) is 52.2 Å². The summed E-state index contributed by atoms with van der Waals surface area (Å²) in [6.45, 7) is 4.57. The summed E-state index contributed by atoms with van der Waals surface area (Å²) in [5.41, 5.74) is 1.76. The second-order valence-electron chi connectivity index (χ2n) is 5.10. The zero-order valence-electron chi connectivity index (χ0n) is 13.0. The van der Waals surface area contributed by atoms with Crippen molar-refractivity contribution in [2.24, 2.45) is 0 Å². The van der Waals surface area contributed by atoms with Gasteiger partial charge in [0.25, 0.3) is 6.33 Å². The lowest BCUT2D eigenvalue weighted by atomic mass is 10.1. The largest absolute Gasteiger partial charge is 0.462 e. The van der Waals surface area contributed by atoms with Crippen LogP contribution in [-0.4, -0.2) is 23.1 Å². The van der Waals surface area contributed by atoms with Gasteiger partial charge in [0.1, 0.15) is 12.4 Å². The fraction of sp³-hybridized carbons (Fsp3) is 0.353. The van der Waals surface area contributed by atoms with Crippen LogP contribution in [0.3, 0.4) is 0 Å². The van der Waals surface area contributed by atoms with Gasteiger partial charge in [0.05, 0.1) is 18.7 Å². The Balaban J connectivity index is 1.83. The minimum atomic E-state index is -0.282. The molecule has 1 heterocycles. The van der Waals surface area contributed by atoms with E-state index in [2.05, 4.69) is 0 Å². The third kappa shape index (κ3) is 4.28. The third-order valence-electron chi connectivity index (χ3n) is 3.40. The summed E-state index contributed by atoms with van der Waals surface area (Å²) in [6, 6.07) is 7.51. The number of benzene rings is 1. The van der Waals surface area contributed by atoms with Gasteiger partial charge in [0, 0.05) is 6.92 Å². The maximum atomic E-state index is 11.6. The lowest BCUT2D eigenvalue weighted by Crippen LogP contribution is -2.31. The number of esters is 1. The second kappa shape index (κ2) is 7.54. The number of aryl methyl sites for hydroxylation is 2. The van der Waals surface area contributed by atoms with Crippen LogP contribution in [0.2, 0.25) is 0 Å². The Morgan fingerprint density at radius 2 is 1.95 bits per heavy atom. The third-order valence-corrected chi connectivity index (χ3v) is 3.40. The Labute approximate surface area is 130 Å². The van der Waals surface area contributed by atoms with Crippen LogP contribution >= 0.6 is 0 Å². The van der Waals surface area contributed by atoms with Gasteiger partial charge < -0.3 is 4.74 Å². The van der Waals surface area contributed by atoms with Crippen LogP contribution in [-0.2, 0) is 17.7 Å². The molecule has 1 aromatic heterocycles. The van der Waals surface area contributed by atoms with Gasteiger partial charge in [-0.15, -0.1) is 0 Å². The molecule has 0 aliphatic carbocycles. The van der Waals surface area contributed by atoms with Gasteiger partial charge >= 0.3 is 11.9 Å². The van der Waals surface area contributed by atoms with Gasteiger partial charge in [-0.3, -0.25) is 0 Å². The fourth-order valence-corrected chi connectivity index (χ4v) is 2.20. The minimum absolute atomic E-state index is 0.00769. The average Bonchev–Trinajstić information content (AvgIpc) is 2.97. The molecule has 0 aliphatic rings. The fourth-order valence-electron chi connectivity index (χ4n) is 2.20. The maximum absolute atomic E-state index is 11.6. The van der Waals surface area contributed by atoms with Crippen molar-refractivity contribution < 1.29 is 18.9 Å². The highest BCUT2D eigenvalue weighted by molar-refractivity contribution is 5.89. The van der Waals surface area contributed by atoms with Crippen molar-refractivity contribution in [2.45, 2.75) is 33.2 Å². The SMILES string of the molecule is CCOC(=O)c1ccc(CCC[n+]2ccn(C(C)=O)c2)cc1. The number of rotatable bonds is 6. The number of hydrogen-bond acceptors (Lipinski definition) is 3. The van der Waals surface area contributed by atoms with E-state index in [0.717, 1.165) is 19.4 Å². The van der Waals surface area contributed by atoms with Crippen molar-refractivity contribution >= 4 is 11.9 Å². The highest BCUT2D eigenvalue weighted by atomic mass is 16.5. The smallest absolute Gasteiger partial charge is 0.338 e. The van der Waals surface area contributed by atoms with Gasteiger partial charge in [-0.25, -0.2) is 14.2 Å². The molecule has 0 fully saturated rings. The predicted molar refractivity (Wildman–Crippen MR) is 81.6 cm³/mol. The molecule has 0 saturated carbocycles. The summed E-state index contributed by atoms with van der Waals surface area (Å²) >= 11 is 0.